The molecule has 2 N–H and O–H groups in total. The third-order valence-electron chi connectivity index (χ3n) is 1.45. The van der Waals surface area contributed by atoms with Crippen molar-refractivity contribution in [2.75, 3.05) is 0 Å². The second-order valence-corrected chi connectivity index (χ2v) is 4.32. The summed E-state index contributed by atoms with van der Waals surface area (Å²) in [5, 5.41) is 10.6. The second kappa shape index (κ2) is 2.62. The van der Waals surface area contributed by atoms with Crippen molar-refractivity contribution in [3.05, 3.63) is 15.8 Å². The average Bonchev–Trinajstić information content (AvgIpc) is 2.53. The van der Waals surface area contributed by atoms with Crippen LogP contribution in [0.5, 0.6) is 0 Å². The maximum atomic E-state index is 10.6. The van der Waals surface area contributed by atoms with Gasteiger partial charge in [-0.3, -0.25) is 0 Å². The van der Waals surface area contributed by atoms with Gasteiger partial charge in [0.1, 0.15) is 0 Å². The molecule has 12 heavy (non-hydrogen) atoms. The maximum absolute atomic E-state index is 10.6. The molecule has 0 aliphatic carbocycles. The van der Waals surface area contributed by atoms with Crippen LogP contribution in [0.15, 0.2) is 5.07 Å². The molecule has 0 bridgehead atoms. The van der Waals surface area contributed by atoms with Crippen LogP contribution in [0.3, 0.4) is 0 Å². The number of aromatic amines is 1. The van der Waals surface area contributed by atoms with Gasteiger partial charge in [0.15, 0.2) is 0 Å². The summed E-state index contributed by atoms with van der Waals surface area (Å²) in [7, 11) is 0. The summed E-state index contributed by atoms with van der Waals surface area (Å²) >= 11 is 5.85. The topological polar surface area (TPSA) is 66.0 Å². The van der Waals surface area contributed by atoms with Gasteiger partial charge >= 0.3 is 77.6 Å². The number of carboxylic acid groups (broad SMARTS) is 1. The summed E-state index contributed by atoms with van der Waals surface area (Å²) in [6.45, 7) is 0. The number of fused-ring (bicyclic) bond motifs is 1. The van der Waals surface area contributed by atoms with Gasteiger partial charge in [0, 0.05) is 0 Å². The van der Waals surface area contributed by atoms with Crippen LogP contribution in [0, 0.1) is 0 Å². The molecular weight excluding hydrogens is 246 g/mol. The monoisotopic (exact) mass is 250 g/mol. The number of nitrogens with zero attached hydrogens (tertiary/aromatic N) is 1. The van der Waals surface area contributed by atoms with E-state index in [4.69, 9.17) is 16.7 Å². The quantitative estimate of drug-likeness (QED) is 0.740. The van der Waals surface area contributed by atoms with Crippen LogP contribution in [0.25, 0.3) is 9.91 Å². The Bertz CT molecular complexity index is 447. The summed E-state index contributed by atoms with van der Waals surface area (Å²) in [5.74, 6) is -1.04. The number of hydrogen-bond acceptors (Lipinski definition) is 2. The molecule has 6 heteroatoms. The summed E-state index contributed by atoms with van der Waals surface area (Å²) in [4.78, 5) is 17.3. The van der Waals surface area contributed by atoms with Crippen LogP contribution in [0.2, 0.25) is 5.02 Å². The van der Waals surface area contributed by atoms with Crippen LogP contribution in [-0.4, -0.2) is 35.5 Å². The number of halogens is 1. The molecule has 2 rings (SSSR count). The first-order chi connectivity index (χ1) is 5.70. The number of aromatic carboxylic acids is 1. The third-order valence-corrected chi connectivity index (χ3v) is 3.37. The van der Waals surface area contributed by atoms with E-state index in [1.807, 2.05) is 0 Å². The van der Waals surface area contributed by atoms with Crippen molar-refractivity contribution >= 4 is 42.0 Å². The van der Waals surface area contributed by atoms with Gasteiger partial charge in [0.05, 0.1) is 0 Å². The van der Waals surface area contributed by atoms with Crippen LogP contribution >= 0.6 is 11.6 Å². The Hall–Kier alpha value is -0.771. The fourth-order valence-electron chi connectivity index (χ4n) is 0.925. The fraction of sp³-hybridized carbons (Fsp3) is 0. The molecule has 0 fully saturated rings. The molecule has 62 valence electrons. The van der Waals surface area contributed by atoms with E-state index in [-0.39, 0.29) is 25.2 Å². The zero-order valence-corrected chi connectivity index (χ0v) is 8.14. The van der Waals surface area contributed by atoms with Crippen LogP contribution in [0.1, 0.15) is 10.5 Å². The van der Waals surface area contributed by atoms with Gasteiger partial charge in [-0.25, -0.2) is 0 Å². The molecule has 0 saturated carbocycles. The molecule has 2 aromatic heterocycles. The van der Waals surface area contributed by atoms with Crippen molar-refractivity contribution in [2.45, 2.75) is 0 Å². The number of carbonyl (C=O) groups is 1. The molecule has 0 aliphatic rings. The van der Waals surface area contributed by atoms with E-state index in [9.17, 15) is 4.79 Å². The number of H-pyrrole nitrogens is 1. The van der Waals surface area contributed by atoms with Crippen LogP contribution in [-0.2, 0) is 0 Å². The van der Waals surface area contributed by atoms with E-state index >= 15 is 0 Å². The first kappa shape index (κ1) is 7.86. The third kappa shape index (κ3) is 0.982. The SMILES string of the molecule is O=C(O)c1[nH]c2[se]cnc2c1Cl. The van der Waals surface area contributed by atoms with Gasteiger partial charge in [-0.1, -0.05) is 0 Å². The second-order valence-electron chi connectivity index (χ2n) is 2.15. The number of nitrogens with one attached hydrogen (secondary N) is 1. The zero-order chi connectivity index (χ0) is 8.72. The van der Waals surface area contributed by atoms with Crippen molar-refractivity contribution in [1.82, 2.24) is 9.97 Å². The Labute approximate surface area is 77.9 Å². The summed E-state index contributed by atoms with van der Waals surface area (Å²) in [6.07, 6.45) is 0. The van der Waals surface area contributed by atoms with Crippen molar-refractivity contribution in [1.29, 1.82) is 0 Å². The Morgan fingerprint density at radius 2 is 2.50 bits per heavy atom. The summed E-state index contributed by atoms with van der Waals surface area (Å²) in [5.41, 5.74) is 0.634. The van der Waals surface area contributed by atoms with Crippen molar-refractivity contribution < 1.29 is 9.90 Å². The molecule has 2 aromatic rings. The van der Waals surface area contributed by atoms with E-state index in [0.717, 1.165) is 4.39 Å². The first-order valence-electron chi connectivity index (χ1n) is 3.04. The molecule has 0 amide bonds. The molecule has 0 atom stereocenters. The number of aromatic nitrogens is 2. The van der Waals surface area contributed by atoms with E-state index in [2.05, 4.69) is 9.97 Å². The Morgan fingerprint density at radius 1 is 1.75 bits per heavy atom. The van der Waals surface area contributed by atoms with Gasteiger partial charge in [-0.05, 0) is 0 Å². The van der Waals surface area contributed by atoms with E-state index < -0.39 is 5.97 Å². The minimum atomic E-state index is -1.04. The summed E-state index contributed by atoms with van der Waals surface area (Å²) < 4.78 is 0.838. The van der Waals surface area contributed by atoms with Crippen molar-refractivity contribution in [3.8, 4) is 0 Å². The Balaban J connectivity index is 2.78. The minimum absolute atomic E-state index is 0.0420. The standard InChI is InChI=1S/C6H3ClN2O2Se/c7-2-3-5(12-1-8-3)9-4(2)6(10)11/h1,9H,(H,10,11). The van der Waals surface area contributed by atoms with Gasteiger partial charge in [0.2, 0.25) is 0 Å². The number of hydrogen-bond donors (Lipinski definition) is 2. The van der Waals surface area contributed by atoms with E-state index in [1.54, 1.807) is 5.07 Å². The van der Waals surface area contributed by atoms with Crippen molar-refractivity contribution in [2.24, 2.45) is 0 Å². The van der Waals surface area contributed by atoms with Gasteiger partial charge in [-0.15, -0.1) is 0 Å². The fourth-order valence-corrected chi connectivity index (χ4v) is 2.77. The first-order valence-corrected chi connectivity index (χ1v) is 5.26. The van der Waals surface area contributed by atoms with Gasteiger partial charge < -0.3 is 0 Å². The van der Waals surface area contributed by atoms with Gasteiger partial charge in [0.25, 0.3) is 0 Å². The molecule has 0 spiro atoms. The van der Waals surface area contributed by atoms with Crippen LogP contribution in [0.4, 0.5) is 0 Å². The summed E-state index contributed by atoms with van der Waals surface area (Å²) in [6, 6.07) is 0. The van der Waals surface area contributed by atoms with E-state index in [0.29, 0.717) is 5.52 Å². The van der Waals surface area contributed by atoms with Crippen LogP contribution < -0.4 is 0 Å². The Morgan fingerprint density at radius 3 is 3.08 bits per heavy atom. The van der Waals surface area contributed by atoms with Crippen molar-refractivity contribution in [3.63, 3.8) is 0 Å². The molecule has 0 aromatic carbocycles. The number of rotatable bonds is 1. The molecule has 0 aliphatic heterocycles. The molecule has 2 heterocycles. The van der Waals surface area contributed by atoms with E-state index in [1.165, 1.54) is 0 Å². The zero-order valence-electron chi connectivity index (χ0n) is 5.67. The normalized spacial score (nSPS) is 10.8. The molecule has 0 unspecified atom stereocenters. The average molecular weight is 250 g/mol. The molecule has 4 nitrogen and oxygen atoms in total. The molecular formula is C6H3ClN2O2Se. The van der Waals surface area contributed by atoms with Gasteiger partial charge in [-0.2, -0.15) is 0 Å². The Kier molecular flexibility index (Phi) is 1.72. The molecule has 0 saturated heterocycles. The predicted molar refractivity (Wildman–Crippen MR) is 45.0 cm³/mol. The predicted octanol–water partition coefficient (Wildman–Crippen LogP) is 0.971. The number of carboxylic acids is 1. The molecule has 0 radical (unpaired) electrons.